The van der Waals surface area contributed by atoms with E-state index in [9.17, 15) is 4.79 Å². The maximum Gasteiger partial charge on any atom is 0.409 e. The fourth-order valence-corrected chi connectivity index (χ4v) is 1.93. The van der Waals surface area contributed by atoms with Crippen LogP contribution in [0.5, 0.6) is 0 Å². The third-order valence-electron chi connectivity index (χ3n) is 2.62. The first-order chi connectivity index (χ1) is 8.24. The van der Waals surface area contributed by atoms with Gasteiger partial charge in [-0.2, -0.15) is 0 Å². The normalized spacial score (nSPS) is 10.8. The van der Waals surface area contributed by atoms with Crippen LogP contribution in [-0.4, -0.2) is 21.2 Å². The summed E-state index contributed by atoms with van der Waals surface area (Å²) in [6.45, 7) is 0. The number of benzene rings is 1. The van der Waals surface area contributed by atoms with Gasteiger partial charge in [0.1, 0.15) is 5.65 Å². The van der Waals surface area contributed by atoms with Gasteiger partial charge in [-0.05, 0) is 24.3 Å². The Morgan fingerprint density at radius 2 is 2.18 bits per heavy atom. The number of carboxylic acid groups (broad SMARTS) is 1. The van der Waals surface area contributed by atoms with E-state index < -0.39 is 6.09 Å². The van der Waals surface area contributed by atoms with E-state index >= 15 is 0 Å². The molecule has 5 heteroatoms. The highest BCUT2D eigenvalue weighted by Gasteiger charge is 2.05. The van der Waals surface area contributed by atoms with Crippen LogP contribution in [0.15, 0.2) is 36.5 Å². The van der Waals surface area contributed by atoms with Crippen molar-refractivity contribution >= 4 is 33.7 Å². The molecular weight excluding hydrogens is 218 g/mol. The SMILES string of the molecule is O=C(O)Nc1ccc2c(c1)[nH]c1ncccc12. The number of nitrogens with one attached hydrogen (secondary N) is 2. The highest BCUT2D eigenvalue weighted by molar-refractivity contribution is 6.07. The van der Waals surface area contributed by atoms with E-state index in [0.717, 1.165) is 21.9 Å². The summed E-state index contributed by atoms with van der Waals surface area (Å²) in [6, 6.07) is 9.22. The van der Waals surface area contributed by atoms with Crippen LogP contribution in [0.3, 0.4) is 0 Å². The van der Waals surface area contributed by atoms with Crippen molar-refractivity contribution in [2.45, 2.75) is 0 Å². The second kappa shape index (κ2) is 3.48. The highest BCUT2D eigenvalue weighted by atomic mass is 16.4. The zero-order valence-electron chi connectivity index (χ0n) is 8.77. The fraction of sp³-hybridized carbons (Fsp3) is 0. The summed E-state index contributed by atoms with van der Waals surface area (Å²) >= 11 is 0. The predicted molar refractivity (Wildman–Crippen MR) is 65.2 cm³/mol. The summed E-state index contributed by atoms with van der Waals surface area (Å²) < 4.78 is 0. The number of aromatic amines is 1. The number of anilines is 1. The maximum atomic E-state index is 10.5. The third kappa shape index (κ3) is 1.57. The number of hydrogen-bond donors (Lipinski definition) is 3. The van der Waals surface area contributed by atoms with Crippen molar-refractivity contribution in [3.63, 3.8) is 0 Å². The molecule has 0 saturated heterocycles. The molecule has 17 heavy (non-hydrogen) atoms. The van der Waals surface area contributed by atoms with Crippen molar-refractivity contribution in [1.29, 1.82) is 0 Å². The number of carbonyl (C=O) groups is 1. The van der Waals surface area contributed by atoms with Crippen LogP contribution < -0.4 is 5.32 Å². The zero-order chi connectivity index (χ0) is 11.8. The Kier molecular flexibility index (Phi) is 1.98. The van der Waals surface area contributed by atoms with Crippen LogP contribution in [0.4, 0.5) is 10.5 Å². The standard InChI is InChI=1S/C12H9N3O2/c16-12(17)14-7-3-4-8-9-2-1-5-13-11(9)15-10(8)6-7/h1-6,14H,(H,13,15)(H,16,17). The van der Waals surface area contributed by atoms with E-state index in [1.807, 2.05) is 18.2 Å². The van der Waals surface area contributed by atoms with Gasteiger partial charge in [-0.3, -0.25) is 5.32 Å². The van der Waals surface area contributed by atoms with Crippen molar-refractivity contribution in [3.8, 4) is 0 Å². The first-order valence-corrected chi connectivity index (χ1v) is 5.10. The molecule has 0 atom stereocenters. The topological polar surface area (TPSA) is 78.0 Å². The van der Waals surface area contributed by atoms with Gasteiger partial charge < -0.3 is 10.1 Å². The van der Waals surface area contributed by atoms with Gasteiger partial charge in [0.25, 0.3) is 0 Å². The lowest BCUT2D eigenvalue weighted by Gasteiger charge is -1.99. The molecule has 1 amide bonds. The number of pyridine rings is 1. The average molecular weight is 227 g/mol. The number of fused-ring (bicyclic) bond motifs is 3. The predicted octanol–water partition coefficient (Wildman–Crippen LogP) is 2.81. The van der Waals surface area contributed by atoms with Crippen LogP contribution in [0.2, 0.25) is 0 Å². The monoisotopic (exact) mass is 227 g/mol. The van der Waals surface area contributed by atoms with Crippen LogP contribution in [0.1, 0.15) is 0 Å². The summed E-state index contributed by atoms with van der Waals surface area (Å²) in [5.41, 5.74) is 2.21. The lowest BCUT2D eigenvalue weighted by molar-refractivity contribution is 0.210. The largest absolute Gasteiger partial charge is 0.465 e. The van der Waals surface area contributed by atoms with E-state index in [1.54, 1.807) is 18.3 Å². The van der Waals surface area contributed by atoms with Crippen LogP contribution in [0.25, 0.3) is 21.9 Å². The number of H-pyrrole nitrogens is 1. The van der Waals surface area contributed by atoms with Gasteiger partial charge >= 0.3 is 6.09 Å². The first-order valence-electron chi connectivity index (χ1n) is 5.10. The summed E-state index contributed by atoms with van der Waals surface area (Å²) in [6.07, 6.45) is 0.646. The Labute approximate surface area is 96.1 Å². The Hall–Kier alpha value is -2.56. The highest BCUT2D eigenvalue weighted by Crippen LogP contribution is 2.26. The lowest BCUT2D eigenvalue weighted by Crippen LogP contribution is -2.06. The molecule has 2 aromatic heterocycles. The Morgan fingerprint density at radius 3 is 3.00 bits per heavy atom. The van der Waals surface area contributed by atoms with E-state index in [-0.39, 0.29) is 0 Å². The molecule has 3 aromatic rings. The van der Waals surface area contributed by atoms with Gasteiger partial charge in [-0.1, -0.05) is 6.07 Å². The molecule has 0 aliphatic heterocycles. The molecule has 0 radical (unpaired) electrons. The lowest BCUT2D eigenvalue weighted by atomic mass is 10.2. The smallest absolute Gasteiger partial charge is 0.409 e. The van der Waals surface area contributed by atoms with Gasteiger partial charge in [0.2, 0.25) is 0 Å². The number of amides is 1. The average Bonchev–Trinajstić information content (AvgIpc) is 2.65. The van der Waals surface area contributed by atoms with Gasteiger partial charge in [0.15, 0.2) is 0 Å². The van der Waals surface area contributed by atoms with E-state index in [0.29, 0.717) is 5.69 Å². The third-order valence-corrected chi connectivity index (χ3v) is 2.62. The molecule has 84 valence electrons. The number of hydrogen-bond acceptors (Lipinski definition) is 2. The molecule has 0 bridgehead atoms. The molecule has 5 nitrogen and oxygen atoms in total. The minimum Gasteiger partial charge on any atom is -0.465 e. The summed E-state index contributed by atoms with van der Waals surface area (Å²) in [4.78, 5) is 17.9. The van der Waals surface area contributed by atoms with Crippen molar-refractivity contribution in [2.24, 2.45) is 0 Å². The van der Waals surface area contributed by atoms with E-state index in [4.69, 9.17) is 5.11 Å². The Morgan fingerprint density at radius 1 is 1.29 bits per heavy atom. The summed E-state index contributed by atoms with van der Waals surface area (Å²) in [5.74, 6) is 0. The Balaban J connectivity index is 2.23. The second-order valence-electron chi connectivity index (χ2n) is 3.72. The van der Waals surface area contributed by atoms with Gasteiger partial charge in [0.05, 0.1) is 0 Å². The molecule has 0 aliphatic carbocycles. The maximum absolute atomic E-state index is 10.5. The molecule has 2 heterocycles. The van der Waals surface area contributed by atoms with Gasteiger partial charge in [-0.15, -0.1) is 0 Å². The van der Waals surface area contributed by atoms with Crippen LogP contribution in [0, 0.1) is 0 Å². The number of aromatic nitrogens is 2. The van der Waals surface area contributed by atoms with Crippen LogP contribution >= 0.6 is 0 Å². The van der Waals surface area contributed by atoms with Crippen LogP contribution in [-0.2, 0) is 0 Å². The van der Waals surface area contributed by atoms with Crippen molar-refractivity contribution in [3.05, 3.63) is 36.5 Å². The molecular formula is C12H9N3O2. The molecule has 1 aromatic carbocycles. The molecule has 0 aliphatic rings. The Bertz CT molecular complexity index is 718. The summed E-state index contributed by atoms with van der Waals surface area (Å²) in [5, 5.41) is 13.0. The first kappa shape index (κ1) is 9.65. The van der Waals surface area contributed by atoms with Crippen molar-refractivity contribution in [1.82, 2.24) is 9.97 Å². The molecule has 0 fully saturated rings. The fourth-order valence-electron chi connectivity index (χ4n) is 1.93. The van der Waals surface area contributed by atoms with Gasteiger partial charge in [-0.25, -0.2) is 9.78 Å². The van der Waals surface area contributed by atoms with Crippen molar-refractivity contribution in [2.75, 3.05) is 5.32 Å². The summed E-state index contributed by atoms with van der Waals surface area (Å²) in [7, 11) is 0. The van der Waals surface area contributed by atoms with E-state index in [2.05, 4.69) is 15.3 Å². The molecule has 0 unspecified atom stereocenters. The minimum absolute atomic E-state index is 0.538. The number of rotatable bonds is 1. The van der Waals surface area contributed by atoms with Gasteiger partial charge in [0, 0.05) is 28.2 Å². The second-order valence-corrected chi connectivity index (χ2v) is 3.72. The zero-order valence-corrected chi connectivity index (χ0v) is 8.77. The molecule has 0 saturated carbocycles. The molecule has 0 spiro atoms. The molecule has 3 N–H and O–H groups in total. The number of nitrogens with zero attached hydrogens (tertiary/aromatic N) is 1. The van der Waals surface area contributed by atoms with Crippen molar-refractivity contribution < 1.29 is 9.90 Å². The minimum atomic E-state index is -1.07. The molecule has 3 rings (SSSR count). The quantitative estimate of drug-likeness (QED) is 0.598. The van der Waals surface area contributed by atoms with E-state index in [1.165, 1.54) is 0 Å².